The van der Waals surface area contributed by atoms with Crippen molar-refractivity contribution >= 4 is 5.84 Å². The molecular formula is C10H22N4O. The van der Waals surface area contributed by atoms with Crippen LogP contribution in [0.25, 0.3) is 0 Å². The maximum absolute atomic E-state index is 8.41. The van der Waals surface area contributed by atoms with E-state index in [9.17, 15) is 0 Å². The minimum atomic E-state index is 0.325. The van der Waals surface area contributed by atoms with E-state index in [1.54, 1.807) is 0 Å². The molecule has 0 aliphatic carbocycles. The summed E-state index contributed by atoms with van der Waals surface area (Å²) in [7, 11) is 0. The van der Waals surface area contributed by atoms with Gasteiger partial charge in [-0.05, 0) is 13.0 Å². The highest BCUT2D eigenvalue weighted by Gasteiger charge is 2.15. The van der Waals surface area contributed by atoms with Crippen LogP contribution >= 0.6 is 0 Å². The fourth-order valence-electron chi connectivity index (χ4n) is 1.88. The molecule has 0 aromatic rings. The van der Waals surface area contributed by atoms with Gasteiger partial charge in [0.25, 0.3) is 0 Å². The number of hydrogen-bond donors (Lipinski definition) is 2. The lowest BCUT2D eigenvalue weighted by atomic mass is 10.2. The number of nitrogens with two attached hydrogens (primary N) is 1. The molecule has 0 amide bonds. The molecule has 0 unspecified atom stereocenters. The first-order valence-electron chi connectivity index (χ1n) is 5.67. The quantitative estimate of drug-likeness (QED) is 0.296. The lowest BCUT2D eigenvalue weighted by Gasteiger charge is -2.34. The van der Waals surface area contributed by atoms with Crippen LogP contribution in [0.4, 0.5) is 0 Å². The van der Waals surface area contributed by atoms with Gasteiger partial charge in [0.1, 0.15) is 5.84 Å². The van der Waals surface area contributed by atoms with E-state index < -0.39 is 0 Å². The molecule has 0 aromatic heterocycles. The van der Waals surface area contributed by atoms with Crippen molar-refractivity contribution in [3.8, 4) is 0 Å². The normalized spacial score (nSPS) is 20.7. The predicted octanol–water partition coefficient (Wildman–Crippen LogP) is 0.151. The van der Waals surface area contributed by atoms with Crippen molar-refractivity contribution in [1.29, 1.82) is 0 Å². The molecule has 0 saturated carbocycles. The largest absolute Gasteiger partial charge is 0.409 e. The molecule has 1 heterocycles. The Kier molecular flexibility index (Phi) is 5.42. The minimum absolute atomic E-state index is 0.325. The highest BCUT2D eigenvalue weighted by atomic mass is 16.4. The molecular weight excluding hydrogens is 192 g/mol. The Morgan fingerprint density at radius 2 is 1.73 bits per heavy atom. The molecule has 5 nitrogen and oxygen atoms in total. The molecule has 3 N–H and O–H groups in total. The van der Waals surface area contributed by atoms with E-state index in [4.69, 9.17) is 10.9 Å². The van der Waals surface area contributed by atoms with E-state index >= 15 is 0 Å². The summed E-state index contributed by atoms with van der Waals surface area (Å²) < 4.78 is 0. The molecule has 0 aromatic carbocycles. The van der Waals surface area contributed by atoms with Gasteiger partial charge in [0.2, 0.25) is 0 Å². The Labute approximate surface area is 91.5 Å². The SMILES string of the molecule is CCCN1CCN(CC/C(N)=N/O)CC1. The molecule has 1 rings (SSSR count). The molecule has 88 valence electrons. The van der Waals surface area contributed by atoms with Crippen LogP contribution in [0.15, 0.2) is 5.16 Å². The second-order valence-electron chi connectivity index (χ2n) is 4.02. The lowest BCUT2D eigenvalue weighted by molar-refractivity contribution is 0.135. The molecule has 1 saturated heterocycles. The molecule has 15 heavy (non-hydrogen) atoms. The van der Waals surface area contributed by atoms with Gasteiger partial charge in [-0.15, -0.1) is 0 Å². The number of nitrogens with zero attached hydrogens (tertiary/aromatic N) is 3. The van der Waals surface area contributed by atoms with E-state index in [1.807, 2.05) is 0 Å². The number of rotatable bonds is 5. The van der Waals surface area contributed by atoms with Crippen molar-refractivity contribution in [2.24, 2.45) is 10.9 Å². The molecule has 5 heteroatoms. The summed E-state index contributed by atoms with van der Waals surface area (Å²) in [6.07, 6.45) is 1.88. The first-order chi connectivity index (χ1) is 7.26. The molecule has 1 aliphatic rings. The third-order valence-electron chi connectivity index (χ3n) is 2.82. The standard InChI is InChI=1S/C10H22N4O/c1-2-4-13-6-8-14(9-7-13)5-3-10(11)12-15/h15H,2-9H2,1H3,(H2,11,12). The monoisotopic (exact) mass is 214 g/mol. The van der Waals surface area contributed by atoms with Crippen LogP contribution in [-0.4, -0.2) is 60.1 Å². The van der Waals surface area contributed by atoms with E-state index in [0.717, 1.165) is 32.7 Å². The molecule has 0 atom stereocenters. The predicted molar refractivity (Wildman–Crippen MR) is 61.2 cm³/mol. The van der Waals surface area contributed by atoms with Gasteiger partial charge in [0.15, 0.2) is 0 Å². The van der Waals surface area contributed by atoms with Gasteiger partial charge < -0.3 is 20.7 Å². The smallest absolute Gasteiger partial charge is 0.140 e. The molecule has 0 spiro atoms. The number of hydrogen-bond acceptors (Lipinski definition) is 4. The highest BCUT2D eigenvalue weighted by molar-refractivity contribution is 5.79. The van der Waals surface area contributed by atoms with Crippen LogP contribution in [-0.2, 0) is 0 Å². The number of amidine groups is 1. The second-order valence-corrected chi connectivity index (χ2v) is 4.02. The summed E-state index contributed by atoms with van der Waals surface area (Å²) in [5, 5.41) is 11.4. The second kappa shape index (κ2) is 6.63. The van der Waals surface area contributed by atoms with Gasteiger partial charge in [0, 0.05) is 39.1 Å². The summed E-state index contributed by atoms with van der Waals surface area (Å²) in [6, 6.07) is 0. The van der Waals surface area contributed by atoms with E-state index in [1.165, 1.54) is 13.0 Å². The van der Waals surface area contributed by atoms with Gasteiger partial charge in [0.05, 0.1) is 0 Å². The Morgan fingerprint density at radius 1 is 1.20 bits per heavy atom. The molecule has 0 bridgehead atoms. The van der Waals surface area contributed by atoms with Gasteiger partial charge in [-0.3, -0.25) is 0 Å². The fourth-order valence-corrected chi connectivity index (χ4v) is 1.88. The molecule has 0 radical (unpaired) electrons. The summed E-state index contributed by atoms with van der Waals surface area (Å²) in [5.41, 5.74) is 5.43. The maximum Gasteiger partial charge on any atom is 0.140 e. The molecule has 1 aliphatic heterocycles. The number of piperazine rings is 1. The summed E-state index contributed by atoms with van der Waals surface area (Å²) in [6.45, 7) is 8.79. The molecule has 1 fully saturated rings. The van der Waals surface area contributed by atoms with Gasteiger partial charge in [-0.2, -0.15) is 0 Å². The van der Waals surface area contributed by atoms with Gasteiger partial charge in [-0.1, -0.05) is 12.1 Å². The fraction of sp³-hybridized carbons (Fsp3) is 0.900. The van der Waals surface area contributed by atoms with Crippen molar-refractivity contribution in [3.63, 3.8) is 0 Å². The van der Waals surface area contributed by atoms with Crippen molar-refractivity contribution in [2.45, 2.75) is 19.8 Å². The van der Waals surface area contributed by atoms with Crippen LogP contribution < -0.4 is 5.73 Å². The summed E-state index contributed by atoms with van der Waals surface area (Å²) in [5.74, 6) is 0.325. The van der Waals surface area contributed by atoms with Crippen molar-refractivity contribution < 1.29 is 5.21 Å². The Morgan fingerprint density at radius 3 is 2.20 bits per heavy atom. The number of oxime groups is 1. The zero-order chi connectivity index (χ0) is 11.1. The van der Waals surface area contributed by atoms with Crippen LogP contribution in [0.2, 0.25) is 0 Å². The third kappa shape index (κ3) is 4.48. The third-order valence-corrected chi connectivity index (χ3v) is 2.82. The summed E-state index contributed by atoms with van der Waals surface area (Å²) in [4.78, 5) is 4.85. The van der Waals surface area contributed by atoms with Crippen molar-refractivity contribution in [2.75, 3.05) is 39.3 Å². The van der Waals surface area contributed by atoms with Crippen LogP contribution in [0, 0.1) is 0 Å². The Hall–Kier alpha value is -0.810. The van der Waals surface area contributed by atoms with Crippen LogP contribution in [0.5, 0.6) is 0 Å². The van der Waals surface area contributed by atoms with Crippen LogP contribution in [0.1, 0.15) is 19.8 Å². The van der Waals surface area contributed by atoms with E-state index in [2.05, 4.69) is 21.9 Å². The lowest BCUT2D eigenvalue weighted by Crippen LogP contribution is -2.47. The Balaban J connectivity index is 2.14. The minimum Gasteiger partial charge on any atom is -0.409 e. The van der Waals surface area contributed by atoms with Gasteiger partial charge >= 0.3 is 0 Å². The maximum atomic E-state index is 8.41. The van der Waals surface area contributed by atoms with E-state index in [0.29, 0.717) is 12.3 Å². The van der Waals surface area contributed by atoms with Crippen molar-refractivity contribution in [3.05, 3.63) is 0 Å². The zero-order valence-corrected chi connectivity index (χ0v) is 9.52. The zero-order valence-electron chi connectivity index (χ0n) is 9.52. The average Bonchev–Trinajstić information content (AvgIpc) is 2.28. The average molecular weight is 214 g/mol. The first kappa shape index (κ1) is 12.3. The highest BCUT2D eigenvalue weighted by Crippen LogP contribution is 2.02. The first-order valence-corrected chi connectivity index (χ1v) is 5.67. The summed E-state index contributed by atoms with van der Waals surface area (Å²) >= 11 is 0. The van der Waals surface area contributed by atoms with E-state index in [-0.39, 0.29) is 0 Å². The van der Waals surface area contributed by atoms with Crippen molar-refractivity contribution in [1.82, 2.24) is 9.80 Å². The Bertz CT molecular complexity index is 200. The topological polar surface area (TPSA) is 65.1 Å². The van der Waals surface area contributed by atoms with Gasteiger partial charge in [-0.25, -0.2) is 0 Å². The van der Waals surface area contributed by atoms with Crippen LogP contribution in [0.3, 0.4) is 0 Å².